The Morgan fingerprint density at radius 1 is 1.60 bits per heavy atom. The third-order valence-electron chi connectivity index (χ3n) is 2.66. The standard InChI is InChI=1S/C9H18O/c1-4-5-9(3,10)8-6-7(8)2/h7-8,10H,4-6H2,1-3H3. The van der Waals surface area contributed by atoms with Gasteiger partial charge in [0.1, 0.15) is 0 Å². The van der Waals surface area contributed by atoms with Crippen LogP contribution in [0.2, 0.25) is 0 Å². The van der Waals surface area contributed by atoms with E-state index in [-0.39, 0.29) is 5.60 Å². The summed E-state index contributed by atoms with van der Waals surface area (Å²) in [6.45, 7) is 6.32. The molecule has 0 spiro atoms. The molecule has 1 rings (SSSR count). The molecule has 1 saturated carbocycles. The SMILES string of the molecule is CCCC(C)(O)C1CC1C. The number of hydrogen-bond acceptors (Lipinski definition) is 1. The predicted octanol–water partition coefficient (Wildman–Crippen LogP) is 2.19. The zero-order chi connectivity index (χ0) is 7.78. The zero-order valence-electron chi connectivity index (χ0n) is 7.22. The minimum Gasteiger partial charge on any atom is -0.390 e. The molecular weight excluding hydrogens is 124 g/mol. The van der Waals surface area contributed by atoms with Gasteiger partial charge in [-0.2, -0.15) is 0 Å². The van der Waals surface area contributed by atoms with Crippen LogP contribution in [-0.4, -0.2) is 10.7 Å². The summed E-state index contributed by atoms with van der Waals surface area (Å²) in [5.74, 6) is 1.36. The lowest BCUT2D eigenvalue weighted by atomic mass is 9.94. The molecule has 0 amide bonds. The van der Waals surface area contributed by atoms with Crippen molar-refractivity contribution in [1.29, 1.82) is 0 Å². The molecule has 1 aliphatic rings. The first-order valence-electron chi connectivity index (χ1n) is 4.30. The fraction of sp³-hybridized carbons (Fsp3) is 1.00. The monoisotopic (exact) mass is 142 g/mol. The van der Waals surface area contributed by atoms with Gasteiger partial charge in [-0.3, -0.25) is 0 Å². The van der Waals surface area contributed by atoms with E-state index >= 15 is 0 Å². The first kappa shape index (κ1) is 8.06. The molecule has 10 heavy (non-hydrogen) atoms. The Balaban J connectivity index is 2.36. The van der Waals surface area contributed by atoms with Crippen molar-refractivity contribution >= 4 is 0 Å². The molecule has 3 atom stereocenters. The molecule has 0 radical (unpaired) electrons. The van der Waals surface area contributed by atoms with E-state index < -0.39 is 0 Å². The molecule has 0 aromatic heterocycles. The van der Waals surface area contributed by atoms with Gasteiger partial charge in [-0.25, -0.2) is 0 Å². The summed E-state index contributed by atoms with van der Waals surface area (Å²) in [7, 11) is 0. The van der Waals surface area contributed by atoms with Gasteiger partial charge in [0.25, 0.3) is 0 Å². The maximum Gasteiger partial charge on any atom is 0.0650 e. The van der Waals surface area contributed by atoms with Crippen molar-refractivity contribution in [2.75, 3.05) is 0 Å². The Kier molecular flexibility index (Phi) is 2.04. The smallest absolute Gasteiger partial charge is 0.0650 e. The highest BCUT2D eigenvalue weighted by atomic mass is 16.3. The minimum atomic E-state index is -0.367. The summed E-state index contributed by atoms with van der Waals surface area (Å²) >= 11 is 0. The fourth-order valence-electron chi connectivity index (χ4n) is 1.88. The van der Waals surface area contributed by atoms with Crippen molar-refractivity contribution < 1.29 is 5.11 Å². The van der Waals surface area contributed by atoms with Crippen LogP contribution in [0, 0.1) is 11.8 Å². The Morgan fingerprint density at radius 2 is 2.10 bits per heavy atom. The minimum absolute atomic E-state index is 0.367. The van der Waals surface area contributed by atoms with Gasteiger partial charge in [0, 0.05) is 0 Å². The van der Waals surface area contributed by atoms with Crippen molar-refractivity contribution in [3.63, 3.8) is 0 Å². The van der Waals surface area contributed by atoms with E-state index in [1.165, 1.54) is 6.42 Å². The third kappa shape index (κ3) is 1.51. The van der Waals surface area contributed by atoms with Gasteiger partial charge in [0.05, 0.1) is 5.60 Å². The number of aliphatic hydroxyl groups is 1. The topological polar surface area (TPSA) is 20.2 Å². The molecule has 0 aliphatic heterocycles. The third-order valence-corrected chi connectivity index (χ3v) is 2.66. The summed E-state index contributed by atoms with van der Waals surface area (Å²) in [4.78, 5) is 0. The average Bonchev–Trinajstić information content (AvgIpc) is 2.46. The van der Waals surface area contributed by atoms with Crippen LogP contribution in [0.5, 0.6) is 0 Å². The van der Waals surface area contributed by atoms with Crippen molar-refractivity contribution in [3.05, 3.63) is 0 Å². The second kappa shape index (κ2) is 2.54. The van der Waals surface area contributed by atoms with E-state index in [1.807, 2.05) is 6.92 Å². The summed E-state index contributed by atoms with van der Waals surface area (Å²) in [5, 5.41) is 9.82. The fourth-order valence-corrected chi connectivity index (χ4v) is 1.88. The molecule has 0 heterocycles. The van der Waals surface area contributed by atoms with E-state index in [4.69, 9.17) is 0 Å². The number of rotatable bonds is 3. The van der Waals surface area contributed by atoms with Crippen LogP contribution in [0.3, 0.4) is 0 Å². The van der Waals surface area contributed by atoms with Gasteiger partial charge < -0.3 is 5.11 Å². The number of hydrogen-bond donors (Lipinski definition) is 1. The van der Waals surface area contributed by atoms with Crippen LogP contribution in [0.1, 0.15) is 40.0 Å². The Labute approximate surface area is 63.4 Å². The van der Waals surface area contributed by atoms with E-state index in [9.17, 15) is 5.11 Å². The van der Waals surface area contributed by atoms with E-state index in [2.05, 4.69) is 13.8 Å². The summed E-state index contributed by atoms with van der Waals surface area (Å²) in [5.41, 5.74) is -0.367. The van der Waals surface area contributed by atoms with Crippen molar-refractivity contribution in [2.45, 2.75) is 45.6 Å². The molecule has 1 N–H and O–H groups in total. The molecule has 1 aliphatic carbocycles. The molecule has 60 valence electrons. The predicted molar refractivity (Wildman–Crippen MR) is 42.8 cm³/mol. The molecule has 1 heteroatoms. The molecule has 0 bridgehead atoms. The first-order chi connectivity index (χ1) is 4.58. The van der Waals surface area contributed by atoms with E-state index in [0.29, 0.717) is 5.92 Å². The molecular formula is C9H18O. The van der Waals surface area contributed by atoms with Gasteiger partial charge in [0.2, 0.25) is 0 Å². The largest absolute Gasteiger partial charge is 0.390 e. The molecule has 0 aromatic carbocycles. The highest BCUT2D eigenvalue weighted by Crippen LogP contribution is 2.47. The van der Waals surface area contributed by atoms with E-state index in [1.54, 1.807) is 0 Å². The normalized spacial score (nSPS) is 37.2. The quantitative estimate of drug-likeness (QED) is 0.640. The van der Waals surface area contributed by atoms with Crippen LogP contribution in [0.25, 0.3) is 0 Å². The van der Waals surface area contributed by atoms with Crippen molar-refractivity contribution in [1.82, 2.24) is 0 Å². The highest BCUT2D eigenvalue weighted by molar-refractivity contribution is 4.96. The lowest BCUT2D eigenvalue weighted by molar-refractivity contribution is 0.0229. The second-order valence-electron chi connectivity index (χ2n) is 3.93. The molecule has 1 nitrogen and oxygen atoms in total. The molecule has 0 aromatic rings. The van der Waals surface area contributed by atoms with Crippen LogP contribution >= 0.6 is 0 Å². The van der Waals surface area contributed by atoms with Gasteiger partial charge in [-0.05, 0) is 31.6 Å². The summed E-state index contributed by atoms with van der Waals surface area (Å²) in [6, 6.07) is 0. The van der Waals surface area contributed by atoms with Crippen molar-refractivity contribution in [2.24, 2.45) is 11.8 Å². The maximum atomic E-state index is 9.82. The van der Waals surface area contributed by atoms with Crippen molar-refractivity contribution in [3.8, 4) is 0 Å². The molecule has 0 saturated heterocycles. The summed E-state index contributed by atoms with van der Waals surface area (Å²) in [6.07, 6.45) is 3.28. The Bertz CT molecular complexity index is 118. The molecule has 1 fully saturated rings. The van der Waals surface area contributed by atoms with Crippen LogP contribution in [-0.2, 0) is 0 Å². The van der Waals surface area contributed by atoms with Gasteiger partial charge in [-0.15, -0.1) is 0 Å². The average molecular weight is 142 g/mol. The van der Waals surface area contributed by atoms with Gasteiger partial charge >= 0.3 is 0 Å². The van der Waals surface area contributed by atoms with Crippen LogP contribution in [0.4, 0.5) is 0 Å². The first-order valence-corrected chi connectivity index (χ1v) is 4.30. The van der Waals surface area contributed by atoms with Crippen LogP contribution < -0.4 is 0 Å². The summed E-state index contributed by atoms with van der Waals surface area (Å²) < 4.78 is 0. The van der Waals surface area contributed by atoms with Gasteiger partial charge in [0.15, 0.2) is 0 Å². The zero-order valence-corrected chi connectivity index (χ0v) is 7.22. The maximum absolute atomic E-state index is 9.82. The van der Waals surface area contributed by atoms with E-state index in [0.717, 1.165) is 18.8 Å². The Morgan fingerprint density at radius 3 is 2.40 bits per heavy atom. The van der Waals surface area contributed by atoms with Gasteiger partial charge in [-0.1, -0.05) is 20.3 Å². The lowest BCUT2D eigenvalue weighted by Gasteiger charge is -2.22. The molecule has 3 unspecified atom stereocenters. The lowest BCUT2D eigenvalue weighted by Crippen LogP contribution is -2.27. The van der Waals surface area contributed by atoms with Crippen LogP contribution in [0.15, 0.2) is 0 Å². The second-order valence-corrected chi connectivity index (χ2v) is 3.93. The Hall–Kier alpha value is -0.0400. The highest BCUT2D eigenvalue weighted by Gasteiger charge is 2.45.